The zero-order chi connectivity index (χ0) is 13.3. The van der Waals surface area contributed by atoms with Crippen molar-refractivity contribution in [1.82, 2.24) is 0 Å². The van der Waals surface area contributed by atoms with Crippen LogP contribution in [0.4, 0.5) is 5.69 Å². The number of rotatable bonds is 3. The predicted molar refractivity (Wildman–Crippen MR) is 71.0 cm³/mol. The van der Waals surface area contributed by atoms with Crippen LogP contribution in [0.5, 0.6) is 5.75 Å². The summed E-state index contributed by atoms with van der Waals surface area (Å²) in [5.41, 5.74) is 0.946. The zero-order valence-corrected chi connectivity index (χ0v) is 11.2. The van der Waals surface area contributed by atoms with Crippen LogP contribution in [0.3, 0.4) is 0 Å². The van der Waals surface area contributed by atoms with Gasteiger partial charge in [0.25, 0.3) is 0 Å². The number of carbonyl (C=O) groups is 1. The Balaban J connectivity index is 2.46. The van der Waals surface area contributed by atoms with Gasteiger partial charge in [-0.05, 0) is 25.8 Å². The Kier molecular flexibility index (Phi) is 3.66. The summed E-state index contributed by atoms with van der Waals surface area (Å²) in [6.45, 7) is 3.08. The summed E-state index contributed by atoms with van der Waals surface area (Å²) in [5, 5.41) is 9.54. The third-order valence-electron chi connectivity index (χ3n) is 3.36. The molecule has 0 saturated carbocycles. The second-order valence-electron chi connectivity index (χ2n) is 4.49. The maximum Gasteiger partial charge on any atom is 0.339 e. The van der Waals surface area contributed by atoms with E-state index in [9.17, 15) is 4.79 Å². The number of hydrogen-bond donors (Lipinski definition) is 1. The molecule has 1 heterocycles. The van der Waals surface area contributed by atoms with Crippen LogP contribution in [0.2, 0.25) is 5.02 Å². The molecule has 5 heteroatoms. The molecule has 0 aromatic heterocycles. The predicted octanol–water partition coefficient (Wildman–Crippen LogP) is 3.04. The number of methoxy groups -OCH3 is 1. The molecule has 1 aliphatic rings. The smallest absolute Gasteiger partial charge is 0.339 e. The molecule has 98 valence electrons. The minimum absolute atomic E-state index is 0.0955. The number of halogens is 1. The van der Waals surface area contributed by atoms with E-state index < -0.39 is 5.97 Å². The number of hydrogen-bond acceptors (Lipinski definition) is 3. The van der Waals surface area contributed by atoms with Crippen LogP contribution in [-0.4, -0.2) is 30.8 Å². The summed E-state index contributed by atoms with van der Waals surface area (Å²) in [6, 6.07) is 3.60. The van der Waals surface area contributed by atoms with Crippen LogP contribution in [0.25, 0.3) is 0 Å². The van der Waals surface area contributed by atoms with Crippen molar-refractivity contribution in [1.29, 1.82) is 0 Å². The van der Waals surface area contributed by atoms with Gasteiger partial charge in [-0.2, -0.15) is 0 Å². The lowest BCUT2D eigenvalue weighted by Gasteiger charge is -2.25. The molecule has 1 saturated heterocycles. The molecule has 1 aromatic rings. The molecule has 4 nitrogen and oxygen atoms in total. The second kappa shape index (κ2) is 5.06. The highest BCUT2D eigenvalue weighted by atomic mass is 35.5. The summed E-state index contributed by atoms with van der Waals surface area (Å²) in [6.07, 6.45) is 2.25. The van der Waals surface area contributed by atoms with Gasteiger partial charge < -0.3 is 14.7 Å². The van der Waals surface area contributed by atoms with Crippen molar-refractivity contribution in [2.75, 3.05) is 18.6 Å². The molecule has 18 heavy (non-hydrogen) atoms. The molecular weight excluding hydrogens is 254 g/mol. The van der Waals surface area contributed by atoms with Crippen LogP contribution in [0.15, 0.2) is 12.1 Å². The average molecular weight is 270 g/mol. The third kappa shape index (κ3) is 2.25. The normalized spacial score (nSPS) is 19.1. The molecule has 0 aliphatic carbocycles. The van der Waals surface area contributed by atoms with E-state index in [1.54, 1.807) is 6.07 Å². The molecule has 0 spiro atoms. The van der Waals surface area contributed by atoms with Crippen molar-refractivity contribution in [2.24, 2.45) is 0 Å². The highest BCUT2D eigenvalue weighted by molar-refractivity contribution is 6.33. The molecule has 0 amide bonds. The molecule has 0 bridgehead atoms. The highest BCUT2D eigenvalue weighted by Gasteiger charge is 2.24. The number of benzene rings is 1. The molecule has 1 N–H and O–H groups in total. The van der Waals surface area contributed by atoms with Gasteiger partial charge in [-0.1, -0.05) is 11.6 Å². The molecule has 1 aliphatic heterocycles. The molecular formula is C13H16ClNO3. The molecule has 0 radical (unpaired) electrons. The zero-order valence-electron chi connectivity index (χ0n) is 10.4. The van der Waals surface area contributed by atoms with Gasteiger partial charge in [-0.3, -0.25) is 0 Å². The first-order valence-corrected chi connectivity index (χ1v) is 6.30. The van der Waals surface area contributed by atoms with Crippen LogP contribution in [0, 0.1) is 0 Å². The van der Waals surface area contributed by atoms with Gasteiger partial charge in [0.05, 0.1) is 17.8 Å². The highest BCUT2D eigenvalue weighted by Crippen LogP contribution is 2.36. The summed E-state index contributed by atoms with van der Waals surface area (Å²) in [4.78, 5) is 13.3. The third-order valence-corrected chi connectivity index (χ3v) is 3.66. The average Bonchev–Trinajstić information content (AvgIpc) is 2.75. The van der Waals surface area contributed by atoms with Crippen molar-refractivity contribution in [2.45, 2.75) is 25.8 Å². The minimum atomic E-state index is -1.03. The second-order valence-corrected chi connectivity index (χ2v) is 4.90. The Labute approximate surface area is 111 Å². The van der Waals surface area contributed by atoms with Gasteiger partial charge >= 0.3 is 5.97 Å². The maximum absolute atomic E-state index is 11.1. The summed E-state index contributed by atoms with van der Waals surface area (Å²) < 4.78 is 5.13. The Hall–Kier alpha value is -1.42. The molecule has 1 aromatic carbocycles. The van der Waals surface area contributed by atoms with Gasteiger partial charge in [0.15, 0.2) is 0 Å². The minimum Gasteiger partial charge on any atom is -0.496 e. The van der Waals surface area contributed by atoms with E-state index >= 15 is 0 Å². The monoisotopic (exact) mass is 269 g/mol. The van der Waals surface area contributed by atoms with Gasteiger partial charge in [0, 0.05) is 18.7 Å². The Morgan fingerprint density at radius 2 is 2.28 bits per heavy atom. The van der Waals surface area contributed by atoms with E-state index in [1.807, 2.05) is 0 Å². The van der Waals surface area contributed by atoms with Gasteiger partial charge in [0.1, 0.15) is 11.3 Å². The van der Waals surface area contributed by atoms with E-state index in [0.717, 1.165) is 25.1 Å². The molecule has 1 atom stereocenters. The van der Waals surface area contributed by atoms with Crippen LogP contribution in [0.1, 0.15) is 30.1 Å². The van der Waals surface area contributed by atoms with Gasteiger partial charge in [-0.15, -0.1) is 0 Å². The summed E-state index contributed by atoms with van der Waals surface area (Å²) >= 11 is 6.19. The van der Waals surface area contributed by atoms with E-state index in [1.165, 1.54) is 13.2 Å². The van der Waals surface area contributed by atoms with E-state index in [4.69, 9.17) is 21.4 Å². The molecule has 1 fully saturated rings. The van der Waals surface area contributed by atoms with E-state index in [2.05, 4.69) is 11.8 Å². The Bertz CT molecular complexity index is 476. The SMILES string of the molecule is COc1cc(N2CCCC2C)c(Cl)cc1C(=O)O. The van der Waals surface area contributed by atoms with Crippen molar-refractivity contribution in [3.05, 3.63) is 22.7 Å². The lowest BCUT2D eigenvalue weighted by molar-refractivity contribution is 0.0693. The molecule has 1 unspecified atom stereocenters. The summed E-state index contributed by atoms with van der Waals surface area (Å²) in [7, 11) is 1.47. The van der Waals surface area contributed by atoms with Crippen LogP contribution < -0.4 is 9.64 Å². The lowest BCUT2D eigenvalue weighted by atomic mass is 10.1. The van der Waals surface area contributed by atoms with Gasteiger partial charge in [0.2, 0.25) is 0 Å². The van der Waals surface area contributed by atoms with E-state index in [0.29, 0.717) is 16.8 Å². The fraction of sp³-hybridized carbons (Fsp3) is 0.462. The first-order valence-electron chi connectivity index (χ1n) is 5.92. The standard InChI is InChI=1S/C13H16ClNO3/c1-8-4-3-5-15(8)11-7-12(18-2)9(13(16)17)6-10(11)14/h6-8H,3-5H2,1-2H3,(H,16,17). The van der Waals surface area contributed by atoms with Crippen molar-refractivity contribution in [3.8, 4) is 5.75 Å². The number of nitrogens with zero attached hydrogens (tertiary/aromatic N) is 1. The maximum atomic E-state index is 11.1. The number of carboxylic acids is 1. The van der Waals surface area contributed by atoms with Crippen molar-refractivity contribution in [3.63, 3.8) is 0 Å². The summed E-state index contributed by atoms with van der Waals surface area (Å²) in [5.74, 6) is -0.684. The quantitative estimate of drug-likeness (QED) is 0.916. The van der Waals surface area contributed by atoms with Gasteiger partial charge in [-0.25, -0.2) is 4.79 Å². The number of carboxylic acid groups (broad SMARTS) is 1. The fourth-order valence-electron chi connectivity index (χ4n) is 2.39. The topological polar surface area (TPSA) is 49.8 Å². The molecule has 2 rings (SSSR count). The Morgan fingerprint density at radius 3 is 2.78 bits per heavy atom. The van der Waals surface area contributed by atoms with Crippen LogP contribution in [-0.2, 0) is 0 Å². The van der Waals surface area contributed by atoms with Crippen LogP contribution >= 0.6 is 11.6 Å². The first kappa shape index (κ1) is 13.0. The van der Waals surface area contributed by atoms with E-state index in [-0.39, 0.29) is 5.56 Å². The number of anilines is 1. The Morgan fingerprint density at radius 1 is 1.56 bits per heavy atom. The number of ether oxygens (including phenoxy) is 1. The van der Waals surface area contributed by atoms with Crippen molar-refractivity contribution < 1.29 is 14.6 Å². The van der Waals surface area contributed by atoms with Crippen molar-refractivity contribution >= 4 is 23.3 Å². The largest absolute Gasteiger partial charge is 0.496 e. The fourth-order valence-corrected chi connectivity index (χ4v) is 2.66. The number of aromatic carboxylic acids is 1. The first-order chi connectivity index (χ1) is 8.54. The lowest BCUT2D eigenvalue weighted by Crippen LogP contribution is -2.26.